The Morgan fingerprint density at radius 3 is 2.25 bits per heavy atom. The number of ether oxygens (including phenoxy) is 3. The van der Waals surface area contributed by atoms with E-state index in [1.54, 1.807) is 14.2 Å². The Morgan fingerprint density at radius 2 is 1.80 bits per heavy atom. The van der Waals surface area contributed by atoms with Gasteiger partial charge in [-0.2, -0.15) is 0 Å². The zero-order valence-corrected chi connectivity index (χ0v) is 12.9. The Kier molecular flexibility index (Phi) is 5.11. The number of rotatable bonds is 6. The molecule has 108 valence electrons. The van der Waals surface area contributed by atoms with Crippen LogP contribution in [0.2, 0.25) is 4.34 Å². The van der Waals surface area contributed by atoms with E-state index >= 15 is 0 Å². The van der Waals surface area contributed by atoms with Gasteiger partial charge in [0.15, 0.2) is 11.5 Å². The number of benzene rings is 1. The van der Waals surface area contributed by atoms with Crippen LogP contribution < -0.4 is 19.9 Å². The second-order valence-electron chi connectivity index (χ2n) is 4.03. The van der Waals surface area contributed by atoms with Gasteiger partial charge in [-0.15, -0.1) is 11.3 Å². The Hall–Kier alpha value is -1.43. The highest BCUT2D eigenvalue weighted by molar-refractivity contribution is 7.16. The van der Waals surface area contributed by atoms with Crippen molar-refractivity contribution in [3.05, 3.63) is 39.0 Å². The summed E-state index contributed by atoms with van der Waals surface area (Å²) in [6, 6.07) is 7.47. The molecule has 0 aliphatic heterocycles. The number of thiophene rings is 1. The van der Waals surface area contributed by atoms with E-state index in [0.717, 1.165) is 14.8 Å². The molecule has 0 atom stereocenters. The molecule has 20 heavy (non-hydrogen) atoms. The summed E-state index contributed by atoms with van der Waals surface area (Å²) in [5.41, 5.74) is 6.57. The van der Waals surface area contributed by atoms with E-state index in [9.17, 15) is 0 Å². The van der Waals surface area contributed by atoms with E-state index in [1.165, 1.54) is 11.3 Å². The first kappa shape index (κ1) is 15.0. The van der Waals surface area contributed by atoms with Crippen LogP contribution in [0.1, 0.15) is 10.4 Å². The summed E-state index contributed by atoms with van der Waals surface area (Å²) in [6.07, 6.45) is 0. The van der Waals surface area contributed by atoms with Gasteiger partial charge >= 0.3 is 0 Å². The molecule has 0 fully saturated rings. The fourth-order valence-corrected chi connectivity index (χ4v) is 2.77. The minimum Gasteiger partial charge on any atom is -0.493 e. The Labute approximate surface area is 127 Å². The predicted molar refractivity (Wildman–Crippen MR) is 81.1 cm³/mol. The summed E-state index contributed by atoms with van der Waals surface area (Å²) in [5.74, 6) is 1.77. The van der Waals surface area contributed by atoms with Crippen LogP contribution in [-0.4, -0.2) is 14.2 Å². The largest absolute Gasteiger partial charge is 0.493 e. The third-order valence-corrected chi connectivity index (χ3v) is 3.95. The maximum atomic E-state index is 5.90. The predicted octanol–water partition coefficient (Wildman–Crippen LogP) is 3.46. The molecule has 1 aromatic carbocycles. The lowest BCUT2D eigenvalue weighted by Crippen LogP contribution is -2.02. The van der Waals surface area contributed by atoms with Gasteiger partial charge in [-0.3, -0.25) is 0 Å². The van der Waals surface area contributed by atoms with Crippen molar-refractivity contribution in [3.63, 3.8) is 0 Å². The van der Waals surface area contributed by atoms with Gasteiger partial charge in [-0.05, 0) is 29.8 Å². The van der Waals surface area contributed by atoms with Crippen LogP contribution in [0, 0.1) is 0 Å². The van der Waals surface area contributed by atoms with Crippen molar-refractivity contribution in [2.24, 2.45) is 5.73 Å². The summed E-state index contributed by atoms with van der Waals surface area (Å²) in [4.78, 5) is 1.03. The summed E-state index contributed by atoms with van der Waals surface area (Å²) < 4.78 is 17.2. The topological polar surface area (TPSA) is 53.7 Å². The molecule has 0 saturated heterocycles. The van der Waals surface area contributed by atoms with Crippen molar-refractivity contribution in [1.82, 2.24) is 0 Å². The van der Waals surface area contributed by atoms with Crippen LogP contribution in [0.5, 0.6) is 17.2 Å². The molecule has 1 heterocycles. The van der Waals surface area contributed by atoms with Crippen LogP contribution in [0.25, 0.3) is 0 Å². The van der Waals surface area contributed by atoms with E-state index < -0.39 is 0 Å². The molecule has 0 spiro atoms. The number of hydrogen-bond donors (Lipinski definition) is 1. The van der Waals surface area contributed by atoms with E-state index in [2.05, 4.69) is 0 Å². The highest BCUT2D eigenvalue weighted by Crippen LogP contribution is 2.39. The van der Waals surface area contributed by atoms with Gasteiger partial charge in [0.05, 0.1) is 18.6 Å². The molecule has 2 rings (SSSR count). The van der Waals surface area contributed by atoms with Gasteiger partial charge in [0.1, 0.15) is 6.61 Å². The smallest absolute Gasteiger partial charge is 0.203 e. The Bertz CT molecular complexity index is 561. The van der Waals surface area contributed by atoms with Crippen molar-refractivity contribution in [1.29, 1.82) is 0 Å². The molecule has 0 aliphatic carbocycles. The quantitative estimate of drug-likeness (QED) is 0.887. The second kappa shape index (κ2) is 6.83. The fraction of sp³-hybridized carbons (Fsp3) is 0.286. The summed E-state index contributed by atoms with van der Waals surface area (Å²) >= 11 is 7.38. The highest BCUT2D eigenvalue weighted by Gasteiger charge is 2.14. The molecule has 0 unspecified atom stereocenters. The fourth-order valence-electron chi connectivity index (χ4n) is 1.77. The minimum atomic E-state index is 0.409. The van der Waals surface area contributed by atoms with Gasteiger partial charge in [-0.25, -0.2) is 0 Å². The van der Waals surface area contributed by atoms with Crippen LogP contribution in [0.4, 0.5) is 0 Å². The van der Waals surface area contributed by atoms with Crippen molar-refractivity contribution >= 4 is 22.9 Å². The van der Waals surface area contributed by atoms with Gasteiger partial charge in [0, 0.05) is 11.4 Å². The maximum Gasteiger partial charge on any atom is 0.203 e. The van der Waals surface area contributed by atoms with E-state index in [-0.39, 0.29) is 0 Å². The molecule has 0 saturated carbocycles. The molecular formula is C14H16ClNO3S. The lowest BCUT2D eigenvalue weighted by Gasteiger charge is -2.15. The Balaban J connectivity index is 2.24. The van der Waals surface area contributed by atoms with Crippen molar-refractivity contribution in [2.75, 3.05) is 14.2 Å². The molecule has 2 N–H and O–H groups in total. The van der Waals surface area contributed by atoms with Gasteiger partial charge in [-0.1, -0.05) is 11.6 Å². The van der Waals surface area contributed by atoms with Crippen LogP contribution in [0.15, 0.2) is 24.3 Å². The van der Waals surface area contributed by atoms with Crippen LogP contribution in [0.3, 0.4) is 0 Å². The first-order valence-corrected chi connectivity index (χ1v) is 7.19. The number of halogens is 1. The van der Waals surface area contributed by atoms with E-state index in [4.69, 9.17) is 31.5 Å². The molecule has 0 bridgehead atoms. The third kappa shape index (κ3) is 3.36. The minimum absolute atomic E-state index is 0.409. The van der Waals surface area contributed by atoms with Crippen LogP contribution in [-0.2, 0) is 13.2 Å². The monoisotopic (exact) mass is 313 g/mol. The average molecular weight is 314 g/mol. The number of hydrogen-bond acceptors (Lipinski definition) is 5. The maximum absolute atomic E-state index is 5.90. The van der Waals surface area contributed by atoms with Gasteiger partial charge in [0.2, 0.25) is 5.75 Å². The molecule has 0 radical (unpaired) electrons. The van der Waals surface area contributed by atoms with Gasteiger partial charge in [0.25, 0.3) is 0 Å². The summed E-state index contributed by atoms with van der Waals surface area (Å²) in [5, 5.41) is 0. The normalized spacial score (nSPS) is 10.4. The van der Waals surface area contributed by atoms with Gasteiger partial charge < -0.3 is 19.9 Å². The summed E-state index contributed by atoms with van der Waals surface area (Å²) in [6.45, 7) is 0.819. The molecule has 4 nitrogen and oxygen atoms in total. The zero-order chi connectivity index (χ0) is 14.5. The molecular weight excluding hydrogens is 298 g/mol. The number of nitrogens with two attached hydrogens (primary N) is 1. The molecule has 0 aliphatic rings. The summed E-state index contributed by atoms with van der Waals surface area (Å²) in [7, 11) is 3.17. The van der Waals surface area contributed by atoms with Crippen molar-refractivity contribution < 1.29 is 14.2 Å². The third-order valence-electron chi connectivity index (χ3n) is 2.74. The lowest BCUT2D eigenvalue weighted by atomic mass is 10.2. The van der Waals surface area contributed by atoms with Crippen molar-refractivity contribution in [3.8, 4) is 17.2 Å². The zero-order valence-electron chi connectivity index (χ0n) is 11.3. The van der Waals surface area contributed by atoms with Crippen LogP contribution >= 0.6 is 22.9 Å². The first-order valence-electron chi connectivity index (χ1n) is 6.00. The highest BCUT2D eigenvalue weighted by atomic mass is 35.5. The standard InChI is InChI=1S/C14H16ClNO3S/c1-17-11-5-9(7-16)6-12(18-2)14(11)19-8-10-3-4-13(15)20-10/h3-6H,7-8,16H2,1-2H3. The average Bonchev–Trinajstić information content (AvgIpc) is 2.89. The first-order chi connectivity index (χ1) is 9.67. The molecule has 0 amide bonds. The SMILES string of the molecule is COc1cc(CN)cc(OC)c1OCc1ccc(Cl)s1. The lowest BCUT2D eigenvalue weighted by molar-refractivity contribution is 0.268. The molecule has 6 heteroatoms. The molecule has 1 aromatic heterocycles. The van der Waals surface area contributed by atoms with Crippen molar-refractivity contribution in [2.45, 2.75) is 13.2 Å². The molecule has 2 aromatic rings. The number of methoxy groups -OCH3 is 2. The second-order valence-corrected chi connectivity index (χ2v) is 5.83. The Morgan fingerprint density at radius 1 is 1.15 bits per heavy atom. The van der Waals surface area contributed by atoms with E-state index in [0.29, 0.717) is 30.4 Å². The van der Waals surface area contributed by atoms with E-state index in [1.807, 2.05) is 24.3 Å².